The predicted octanol–water partition coefficient (Wildman–Crippen LogP) is 3.69. The average Bonchev–Trinajstić information content (AvgIpc) is 2.72. The van der Waals surface area contributed by atoms with Crippen molar-refractivity contribution in [2.75, 3.05) is 5.32 Å². The van der Waals surface area contributed by atoms with Crippen LogP contribution in [0.2, 0.25) is 5.15 Å². The molecule has 0 spiro atoms. The van der Waals surface area contributed by atoms with Crippen LogP contribution < -0.4 is 5.32 Å². The number of rotatable bonds is 3. The van der Waals surface area contributed by atoms with Gasteiger partial charge in [0, 0.05) is 30.8 Å². The van der Waals surface area contributed by atoms with E-state index in [4.69, 9.17) is 11.6 Å². The number of aryl methyl sites for hydroxylation is 2. The van der Waals surface area contributed by atoms with Gasteiger partial charge in [0.1, 0.15) is 5.15 Å². The van der Waals surface area contributed by atoms with E-state index >= 15 is 0 Å². The van der Waals surface area contributed by atoms with Crippen molar-refractivity contribution in [3.05, 3.63) is 40.4 Å². The van der Waals surface area contributed by atoms with Crippen LogP contribution in [0.1, 0.15) is 37.6 Å². The molecule has 0 aliphatic rings. The summed E-state index contributed by atoms with van der Waals surface area (Å²) in [5.41, 5.74) is 4.29. The highest BCUT2D eigenvalue weighted by Gasteiger charge is 2.21. The molecule has 0 fully saturated rings. The summed E-state index contributed by atoms with van der Waals surface area (Å²) in [7, 11) is 1.95. The largest absolute Gasteiger partial charge is 0.380 e. The molecule has 0 aliphatic heterocycles. The fraction of sp³-hybridized carbons (Fsp3) is 0.467. The van der Waals surface area contributed by atoms with Crippen LogP contribution in [0.5, 0.6) is 0 Å². The van der Waals surface area contributed by atoms with Gasteiger partial charge in [-0.1, -0.05) is 32.4 Å². The highest BCUT2D eigenvalue weighted by atomic mass is 35.5. The van der Waals surface area contributed by atoms with E-state index in [9.17, 15) is 0 Å². The van der Waals surface area contributed by atoms with E-state index in [-0.39, 0.29) is 5.41 Å². The Bertz CT molecular complexity index is 611. The third kappa shape index (κ3) is 3.31. The molecule has 5 heteroatoms. The Labute approximate surface area is 125 Å². The lowest BCUT2D eigenvalue weighted by atomic mass is 9.89. The van der Waals surface area contributed by atoms with Crippen LogP contribution in [-0.4, -0.2) is 14.8 Å². The third-order valence-electron chi connectivity index (χ3n) is 3.11. The van der Waals surface area contributed by atoms with Gasteiger partial charge in [-0.05, 0) is 18.6 Å². The molecule has 4 nitrogen and oxygen atoms in total. The highest BCUT2D eigenvalue weighted by Crippen LogP contribution is 2.25. The fourth-order valence-corrected chi connectivity index (χ4v) is 2.25. The summed E-state index contributed by atoms with van der Waals surface area (Å²) < 4.78 is 1.86. The van der Waals surface area contributed by atoms with Gasteiger partial charge in [-0.3, -0.25) is 4.68 Å². The summed E-state index contributed by atoms with van der Waals surface area (Å²) in [6, 6.07) is 2.00. The zero-order valence-corrected chi connectivity index (χ0v) is 13.4. The second-order valence-corrected chi connectivity index (χ2v) is 6.47. The maximum atomic E-state index is 5.93. The van der Waals surface area contributed by atoms with Crippen molar-refractivity contribution in [1.82, 2.24) is 14.8 Å². The molecule has 2 aromatic heterocycles. The van der Waals surface area contributed by atoms with Crippen LogP contribution in [0, 0.1) is 6.92 Å². The van der Waals surface area contributed by atoms with Crippen molar-refractivity contribution in [2.45, 2.75) is 39.7 Å². The van der Waals surface area contributed by atoms with Crippen LogP contribution in [0.4, 0.5) is 5.69 Å². The Kier molecular flexibility index (Phi) is 4.04. The first-order valence-corrected chi connectivity index (χ1v) is 7.04. The molecule has 2 rings (SSSR count). The van der Waals surface area contributed by atoms with E-state index in [2.05, 4.69) is 42.4 Å². The van der Waals surface area contributed by atoms with E-state index in [0.717, 1.165) is 23.5 Å². The molecule has 108 valence electrons. The number of nitrogens with one attached hydrogen (secondary N) is 1. The number of aromatic nitrogens is 3. The fourth-order valence-electron chi connectivity index (χ4n) is 2.15. The van der Waals surface area contributed by atoms with Gasteiger partial charge in [0.05, 0.1) is 17.6 Å². The number of hydrogen-bond acceptors (Lipinski definition) is 3. The van der Waals surface area contributed by atoms with Crippen LogP contribution in [0.3, 0.4) is 0 Å². The van der Waals surface area contributed by atoms with Crippen molar-refractivity contribution < 1.29 is 0 Å². The van der Waals surface area contributed by atoms with E-state index in [1.54, 1.807) is 6.20 Å². The average molecular weight is 293 g/mol. The maximum absolute atomic E-state index is 5.93. The Morgan fingerprint density at radius 1 is 1.35 bits per heavy atom. The van der Waals surface area contributed by atoms with Crippen LogP contribution >= 0.6 is 11.6 Å². The minimum absolute atomic E-state index is 0.0342. The monoisotopic (exact) mass is 292 g/mol. The zero-order valence-electron chi connectivity index (χ0n) is 12.7. The molecule has 0 unspecified atom stereocenters. The van der Waals surface area contributed by atoms with Crippen LogP contribution in [0.25, 0.3) is 0 Å². The van der Waals surface area contributed by atoms with E-state index in [1.807, 2.05) is 24.7 Å². The molecule has 2 aromatic rings. The normalized spacial score (nSPS) is 11.7. The Morgan fingerprint density at radius 2 is 2.05 bits per heavy atom. The highest BCUT2D eigenvalue weighted by molar-refractivity contribution is 6.30. The molecule has 0 aromatic carbocycles. The number of halogens is 1. The first-order valence-electron chi connectivity index (χ1n) is 6.66. The number of hydrogen-bond donors (Lipinski definition) is 1. The summed E-state index contributed by atoms with van der Waals surface area (Å²) in [5.74, 6) is 0. The molecule has 1 N–H and O–H groups in total. The van der Waals surface area contributed by atoms with Gasteiger partial charge >= 0.3 is 0 Å². The van der Waals surface area contributed by atoms with Crippen molar-refractivity contribution >= 4 is 17.3 Å². The third-order valence-corrected chi connectivity index (χ3v) is 3.51. The second-order valence-electron chi connectivity index (χ2n) is 6.11. The SMILES string of the molecule is Cc1cc(NCc2cn(C)nc2C(C)(C)C)cnc1Cl. The predicted molar refractivity (Wildman–Crippen MR) is 83.2 cm³/mol. The molecule has 0 aliphatic carbocycles. The molecule has 0 bridgehead atoms. The lowest BCUT2D eigenvalue weighted by Crippen LogP contribution is -2.16. The Balaban J connectivity index is 2.17. The van der Waals surface area contributed by atoms with Gasteiger partial charge in [0.2, 0.25) is 0 Å². The maximum Gasteiger partial charge on any atom is 0.132 e. The van der Waals surface area contributed by atoms with Gasteiger partial charge in [0.25, 0.3) is 0 Å². The van der Waals surface area contributed by atoms with Crippen molar-refractivity contribution in [2.24, 2.45) is 7.05 Å². The molecular weight excluding hydrogens is 272 g/mol. The summed E-state index contributed by atoms with van der Waals surface area (Å²) in [4.78, 5) is 4.15. The van der Waals surface area contributed by atoms with Gasteiger partial charge in [0.15, 0.2) is 0 Å². The van der Waals surface area contributed by atoms with Gasteiger partial charge in [-0.2, -0.15) is 5.10 Å². The van der Waals surface area contributed by atoms with Crippen LogP contribution in [0.15, 0.2) is 18.5 Å². The smallest absolute Gasteiger partial charge is 0.132 e. The summed E-state index contributed by atoms with van der Waals surface area (Å²) >= 11 is 5.93. The quantitative estimate of drug-likeness (QED) is 0.878. The molecular formula is C15H21ClN4. The number of nitrogens with zero attached hydrogens (tertiary/aromatic N) is 3. The van der Waals surface area contributed by atoms with Crippen molar-refractivity contribution in [3.8, 4) is 0 Å². The topological polar surface area (TPSA) is 42.7 Å². The Morgan fingerprint density at radius 3 is 2.65 bits per heavy atom. The minimum atomic E-state index is 0.0342. The summed E-state index contributed by atoms with van der Waals surface area (Å²) in [6.45, 7) is 9.20. The molecule has 0 saturated heterocycles. The zero-order chi connectivity index (χ0) is 14.9. The summed E-state index contributed by atoms with van der Waals surface area (Å²) in [5, 5.41) is 8.49. The van der Waals surface area contributed by atoms with E-state index < -0.39 is 0 Å². The molecule has 0 saturated carbocycles. The Hall–Kier alpha value is -1.55. The number of anilines is 1. The molecule has 20 heavy (non-hydrogen) atoms. The lowest BCUT2D eigenvalue weighted by Gasteiger charge is -2.18. The molecule has 2 heterocycles. The first-order chi connectivity index (χ1) is 9.27. The van der Waals surface area contributed by atoms with Crippen molar-refractivity contribution in [1.29, 1.82) is 0 Å². The molecule has 0 atom stereocenters. The molecule has 0 amide bonds. The van der Waals surface area contributed by atoms with E-state index in [1.165, 1.54) is 5.56 Å². The van der Waals surface area contributed by atoms with Crippen molar-refractivity contribution in [3.63, 3.8) is 0 Å². The summed E-state index contributed by atoms with van der Waals surface area (Å²) in [6.07, 6.45) is 3.81. The van der Waals surface area contributed by atoms with Gasteiger partial charge in [-0.15, -0.1) is 0 Å². The van der Waals surface area contributed by atoms with E-state index in [0.29, 0.717) is 5.15 Å². The molecule has 0 radical (unpaired) electrons. The minimum Gasteiger partial charge on any atom is -0.380 e. The van der Waals surface area contributed by atoms with Crippen LogP contribution in [-0.2, 0) is 19.0 Å². The number of pyridine rings is 1. The standard InChI is InChI=1S/C15H21ClN4/c1-10-6-12(8-18-14(10)16)17-7-11-9-20(5)19-13(11)15(2,3)4/h6,8-9,17H,7H2,1-5H3. The van der Waals surface area contributed by atoms with Gasteiger partial charge in [-0.25, -0.2) is 4.98 Å². The lowest BCUT2D eigenvalue weighted by molar-refractivity contribution is 0.549. The van der Waals surface area contributed by atoms with Gasteiger partial charge < -0.3 is 5.32 Å². The second kappa shape index (κ2) is 5.44. The first kappa shape index (κ1) is 14.9.